The lowest BCUT2D eigenvalue weighted by Gasteiger charge is -2.26. The van der Waals surface area contributed by atoms with E-state index in [0.29, 0.717) is 5.92 Å². The molecular weight excluding hydrogens is 282 g/mol. The van der Waals surface area contributed by atoms with Crippen LogP contribution in [-0.4, -0.2) is 10.9 Å². The first-order chi connectivity index (χ1) is 10.2. The molecule has 1 aliphatic heterocycles. The summed E-state index contributed by atoms with van der Waals surface area (Å²) in [6, 6.07) is 5.75. The highest BCUT2D eigenvalue weighted by Gasteiger charge is 2.33. The number of thiophene rings is 1. The predicted octanol–water partition coefficient (Wildman–Crippen LogP) is 3.12. The average Bonchev–Trinajstić information content (AvgIpc) is 2.85. The second-order valence-electron chi connectivity index (χ2n) is 5.86. The Morgan fingerprint density at radius 1 is 1.33 bits per heavy atom. The van der Waals surface area contributed by atoms with E-state index in [0.717, 1.165) is 29.1 Å². The number of anilines is 1. The molecule has 2 aromatic heterocycles. The Hall–Kier alpha value is -1.88. The van der Waals surface area contributed by atoms with Gasteiger partial charge in [0.1, 0.15) is 11.2 Å². The van der Waals surface area contributed by atoms with E-state index in [9.17, 15) is 4.79 Å². The van der Waals surface area contributed by atoms with E-state index in [2.05, 4.69) is 22.5 Å². The van der Waals surface area contributed by atoms with Crippen molar-refractivity contribution in [2.45, 2.75) is 32.4 Å². The first-order valence-corrected chi connectivity index (χ1v) is 8.17. The topological polar surface area (TPSA) is 54.0 Å². The van der Waals surface area contributed by atoms with Crippen LogP contribution in [0.25, 0.3) is 0 Å². The fourth-order valence-corrected chi connectivity index (χ4v) is 4.59. The number of hydrogen-bond acceptors (Lipinski definition) is 4. The predicted molar refractivity (Wildman–Crippen MR) is 83.6 cm³/mol. The van der Waals surface area contributed by atoms with E-state index in [1.807, 2.05) is 18.2 Å². The number of pyridine rings is 1. The first kappa shape index (κ1) is 12.8. The normalized spacial score (nSPS) is 23.8. The van der Waals surface area contributed by atoms with Crippen molar-refractivity contribution >= 4 is 22.2 Å². The molecule has 0 aromatic carbocycles. The highest BCUT2D eigenvalue weighted by atomic mass is 32.1. The molecule has 4 rings (SSSR count). The molecular formula is C16H17N3OS. The fourth-order valence-electron chi connectivity index (χ4n) is 3.16. The van der Waals surface area contributed by atoms with Gasteiger partial charge in [0, 0.05) is 11.1 Å². The largest absolute Gasteiger partial charge is 0.351 e. The molecule has 0 radical (unpaired) electrons. The van der Waals surface area contributed by atoms with Gasteiger partial charge in [0.2, 0.25) is 0 Å². The van der Waals surface area contributed by atoms with Crippen molar-refractivity contribution in [3.8, 4) is 0 Å². The molecule has 0 spiro atoms. The molecule has 1 amide bonds. The molecule has 4 nitrogen and oxygen atoms in total. The van der Waals surface area contributed by atoms with E-state index in [4.69, 9.17) is 0 Å². The number of rotatable bonds is 1. The number of amides is 1. The SMILES string of the molecule is C[C@H]1CCc2c(sc3c2C(=O)N[C@H](c2ccccn2)N3)C1. The molecule has 2 atom stereocenters. The summed E-state index contributed by atoms with van der Waals surface area (Å²) in [4.78, 5) is 18.2. The molecule has 1 aliphatic carbocycles. The van der Waals surface area contributed by atoms with E-state index in [-0.39, 0.29) is 12.1 Å². The Kier molecular flexibility index (Phi) is 2.96. The van der Waals surface area contributed by atoms with Crippen molar-refractivity contribution in [3.05, 3.63) is 46.1 Å². The zero-order chi connectivity index (χ0) is 14.4. The minimum atomic E-state index is -0.233. The van der Waals surface area contributed by atoms with Crippen molar-refractivity contribution in [1.82, 2.24) is 10.3 Å². The highest BCUT2D eigenvalue weighted by Crippen LogP contribution is 2.42. The Balaban J connectivity index is 1.71. The third kappa shape index (κ3) is 2.12. The molecule has 2 aromatic rings. The molecule has 0 unspecified atom stereocenters. The molecule has 3 heterocycles. The maximum absolute atomic E-state index is 12.5. The van der Waals surface area contributed by atoms with Gasteiger partial charge in [-0.2, -0.15) is 0 Å². The van der Waals surface area contributed by atoms with Gasteiger partial charge >= 0.3 is 0 Å². The molecule has 5 heteroatoms. The van der Waals surface area contributed by atoms with Gasteiger partial charge in [-0.3, -0.25) is 9.78 Å². The van der Waals surface area contributed by atoms with E-state index in [1.54, 1.807) is 17.5 Å². The smallest absolute Gasteiger partial charge is 0.256 e. The second-order valence-corrected chi connectivity index (χ2v) is 6.97. The molecule has 108 valence electrons. The number of carbonyl (C=O) groups is 1. The number of nitrogens with one attached hydrogen (secondary N) is 2. The number of aromatic nitrogens is 1. The Bertz CT molecular complexity index is 695. The lowest BCUT2D eigenvalue weighted by Crippen LogP contribution is -2.38. The number of fused-ring (bicyclic) bond motifs is 3. The van der Waals surface area contributed by atoms with E-state index < -0.39 is 0 Å². The lowest BCUT2D eigenvalue weighted by atomic mass is 9.88. The minimum Gasteiger partial charge on any atom is -0.351 e. The van der Waals surface area contributed by atoms with Crippen LogP contribution in [0.4, 0.5) is 5.00 Å². The van der Waals surface area contributed by atoms with Gasteiger partial charge in [-0.05, 0) is 42.9 Å². The Morgan fingerprint density at radius 3 is 3.05 bits per heavy atom. The summed E-state index contributed by atoms with van der Waals surface area (Å²) in [7, 11) is 0. The molecule has 0 saturated heterocycles. The Labute approximate surface area is 127 Å². The van der Waals surface area contributed by atoms with Crippen LogP contribution in [0, 0.1) is 5.92 Å². The van der Waals surface area contributed by atoms with Crippen LogP contribution in [0.5, 0.6) is 0 Å². The van der Waals surface area contributed by atoms with E-state index in [1.165, 1.54) is 16.9 Å². The second kappa shape index (κ2) is 4.84. The molecule has 2 N–H and O–H groups in total. The number of hydrogen-bond donors (Lipinski definition) is 2. The molecule has 0 saturated carbocycles. The molecule has 21 heavy (non-hydrogen) atoms. The van der Waals surface area contributed by atoms with Gasteiger partial charge in [0.25, 0.3) is 5.91 Å². The molecule has 0 bridgehead atoms. The van der Waals surface area contributed by atoms with Gasteiger partial charge in [0.15, 0.2) is 0 Å². The molecule has 0 fully saturated rings. The van der Waals surface area contributed by atoms with Crippen molar-refractivity contribution in [2.24, 2.45) is 5.92 Å². The van der Waals surface area contributed by atoms with Gasteiger partial charge in [-0.15, -0.1) is 11.3 Å². The summed E-state index contributed by atoms with van der Waals surface area (Å²) in [6.45, 7) is 2.28. The maximum Gasteiger partial charge on any atom is 0.256 e. The van der Waals surface area contributed by atoms with Crippen LogP contribution in [-0.2, 0) is 12.8 Å². The summed E-state index contributed by atoms with van der Waals surface area (Å²) in [6.07, 6.45) is 4.80. The summed E-state index contributed by atoms with van der Waals surface area (Å²) < 4.78 is 0. The van der Waals surface area contributed by atoms with Gasteiger partial charge in [-0.25, -0.2) is 0 Å². The maximum atomic E-state index is 12.5. The average molecular weight is 299 g/mol. The van der Waals surface area contributed by atoms with Crippen LogP contribution in [0.15, 0.2) is 24.4 Å². The van der Waals surface area contributed by atoms with Crippen LogP contribution < -0.4 is 10.6 Å². The quantitative estimate of drug-likeness (QED) is 0.850. The lowest BCUT2D eigenvalue weighted by molar-refractivity contribution is 0.0934. The first-order valence-electron chi connectivity index (χ1n) is 7.35. The summed E-state index contributed by atoms with van der Waals surface area (Å²) >= 11 is 1.74. The Morgan fingerprint density at radius 2 is 2.24 bits per heavy atom. The standard InChI is InChI=1S/C16H17N3OS/c1-9-5-6-10-12(8-9)21-16-13(10)15(20)18-14(19-16)11-4-2-3-7-17-11/h2-4,7,9,14,19H,5-6,8H2,1H3,(H,18,20)/t9-,14-/m0/s1. The van der Waals surface area contributed by atoms with Gasteiger partial charge in [-0.1, -0.05) is 13.0 Å². The summed E-state index contributed by atoms with van der Waals surface area (Å²) in [5.41, 5.74) is 2.97. The minimum absolute atomic E-state index is 0.0338. The number of carbonyl (C=O) groups excluding carboxylic acids is 1. The van der Waals surface area contributed by atoms with Crippen molar-refractivity contribution in [1.29, 1.82) is 0 Å². The van der Waals surface area contributed by atoms with Crippen LogP contribution in [0.2, 0.25) is 0 Å². The van der Waals surface area contributed by atoms with Crippen LogP contribution in [0.3, 0.4) is 0 Å². The van der Waals surface area contributed by atoms with E-state index >= 15 is 0 Å². The monoisotopic (exact) mass is 299 g/mol. The van der Waals surface area contributed by atoms with Crippen molar-refractivity contribution in [3.63, 3.8) is 0 Å². The summed E-state index contributed by atoms with van der Waals surface area (Å²) in [5, 5.41) is 7.48. The molecule has 2 aliphatic rings. The summed E-state index contributed by atoms with van der Waals surface area (Å²) in [5.74, 6) is 0.749. The van der Waals surface area contributed by atoms with Gasteiger partial charge < -0.3 is 10.6 Å². The van der Waals surface area contributed by atoms with Crippen LogP contribution in [0.1, 0.15) is 46.0 Å². The zero-order valence-electron chi connectivity index (χ0n) is 11.8. The third-order valence-corrected chi connectivity index (χ3v) is 5.46. The van der Waals surface area contributed by atoms with Gasteiger partial charge in [0.05, 0.1) is 11.3 Å². The number of nitrogens with zero attached hydrogens (tertiary/aromatic N) is 1. The van der Waals surface area contributed by atoms with Crippen LogP contribution >= 0.6 is 11.3 Å². The highest BCUT2D eigenvalue weighted by molar-refractivity contribution is 7.16. The zero-order valence-corrected chi connectivity index (χ0v) is 12.7. The fraction of sp³-hybridized carbons (Fsp3) is 0.375. The van der Waals surface area contributed by atoms with Crippen molar-refractivity contribution in [2.75, 3.05) is 5.32 Å². The third-order valence-electron chi connectivity index (χ3n) is 4.27. The van der Waals surface area contributed by atoms with Crippen molar-refractivity contribution < 1.29 is 4.79 Å².